The van der Waals surface area contributed by atoms with Crippen LogP contribution in [0.3, 0.4) is 0 Å². The van der Waals surface area contributed by atoms with Crippen LogP contribution in [0.2, 0.25) is 0 Å². The maximum Gasteiger partial charge on any atom is 0.282 e. The Balaban J connectivity index is 2.47. The highest BCUT2D eigenvalue weighted by atomic mass is 16.6. The van der Waals surface area contributed by atoms with Crippen molar-refractivity contribution in [2.45, 2.75) is 13.8 Å². The van der Waals surface area contributed by atoms with Gasteiger partial charge in [0.15, 0.2) is 5.78 Å². The van der Waals surface area contributed by atoms with Gasteiger partial charge in [-0.05, 0) is 43.7 Å². The van der Waals surface area contributed by atoms with Crippen molar-refractivity contribution in [3.8, 4) is 0 Å². The fraction of sp³-hybridized carbons (Fsp3) is 0.188. The van der Waals surface area contributed by atoms with Crippen LogP contribution >= 0.6 is 0 Å². The number of ketones is 1. The molecule has 0 saturated carbocycles. The highest BCUT2D eigenvalue weighted by Gasteiger charge is 2.19. The van der Waals surface area contributed by atoms with Crippen molar-refractivity contribution in [2.24, 2.45) is 0 Å². The van der Waals surface area contributed by atoms with Gasteiger partial charge in [0.1, 0.15) is 0 Å². The Morgan fingerprint density at radius 1 is 1.14 bits per heavy atom. The summed E-state index contributed by atoms with van der Waals surface area (Å²) in [5.74, 6) is -0.313. The lowest BCUT2D eigenvalue weighted by molar-refractivity contribution is -0.385. The summed E-state index contributed by atoms with van der Waals surface area (Å²) in [6.07, 6.45) is 0. The predicted molar refractivity (Wildman–Crippen MR) is 82.3 cm³/mol. The van der Waals surface area contributed by atoms with Crippen LogP contribution in [0.4, 0.5) is 17.1 Å². The Morgan fingerprint density at radius 3 is 2.38 bits per heavy atom. The number of aryl methyl sites for hydroxylation is 1. The largest absolute Gasteiger partial charge is 0.344 e. The van der Waals surface area contributed by atoms with Crippen molar-refractivity contribution in [2.75, 3.05) is 11.9 Å². The van der Waals surface area contributed by atoms with Crippen molar-refractivity contribution in [1.29, 1.82) is 0 Å². The first-order valence-corrected chi connectivity index (χ1v) is 6.50. The summed E-state index contributed by atoms with van der Waals surface area (Å²) in [4.78, 5) is 23.9. The van der Waals surface area contributed by atoms with E-state index in [-0.39, 0.29) is 17.0 Å². The van der Waals surface area contributed by atoms with Crippen molar-refractivity contribution in [3.05, 3.63) is 63.7 Å². The van der Waals surface area contributed by atoms with Gasteiger partial charge in [-0.3, -0.25) is 14.9 Å². The van der Waals surface area contributed by atoms with Crippen LogP contribution in [-0.4, -0.2) is 17.8 Å². The standard InChI is InChI=1S/C16H16N2O3/c1-11-5-4-6-13(9-11)17(3)14-7-8-15(12(2)19)16(10-14)18(20)21/h4-10H,1-3H3. The molecule has 2 aromatic carbocycles. The van der Waals surface area contributed by atoms with Gasteiger partial charge in [-0.1, -0.05) is 12.1 Å². The van der Waals surface area contributed by atoms with Crippen LogP contribution < -0.4 is 4.90 Å². The minimum atomic E-state index is -0.523. The van der Waals surface area contributed by atoms with Gasteiger partial charge in [-0.15, -0.1) is 0 Å². The van der Waals surface area contributed by atoms with E-state index in [1.807, 2.05) is 43.1 Å². The van der Waals surface area contributed by atoms with Gasteiger partial charge in [-0.2, -0.15) is 0 Å². The summed E-state index contributed by atoms with van der Waals surface area (Å²) in [7, 11) is 1.83. The Hall–Kier alpha value is -2.69. The molecule has 5 nitrogen and oxygen atoms in total. The third-order valence-electron chi connectivity index (χ3n) is 3.33. The van der Waals surface area contributed by atoms with Crippen molar-refractivity contribution >= 4 is 22.8 Å². The normalized spacial score (nSPS) is 10.2. The average molecular weight is 284 g/mol. The summed E-state index contributed by atoms with van der Waals surface area (Å²) in [6, 6.07) is 12.5. The second-order valence-electron chi connectivity index (χ2n) is 4.91. The monoisotopic (exact) mass is 284 g/mol. The molecule has 0 aromatic heterocycles. The number of carbonyl (C=O) groups excluding carboxylic acids is 1. The molecule has 0 bridgehead atoms. The van der Waals surface area contributed by atoms with Crippen molar-refractivity contribution < 1.29 is 9.72 Å². The third kappa shape index (κ3) is 3.08. The molecule has 5 heteroatoms. The SMILES string of the molecule is CC(=O)c1ccc(N(C)c2cccc(C)c2)cc1[N+](=O)[O-]. The fourth-order valence-electron chi connectivity index (χ4n) is 2.16. The molecule has 0 fully saturated rings. The average Bonchev–Trinajstić information content (AvgIpc) is 2.45. The number of nitrogens with zero attached hydrogens (tertiary/aromatic N) is 2. The summed E-state index contributed by atoms with van der Waals surface area (Å²) >= 11 is 0. The summed E-state index contributed by atoms with van der Waals surface area (Å²) in [5.41, 5.74) is 2.66. The van der Waals surface area contributed by atoms with Crippen LogP contribution in [0.25, 0.3) is 0 Å². The van der Waals surface area contributed by atoms with Crippen LogP contribution in [0.1, 0.15) is 22.8 Å². The molecule has 0 amide bonds. The van der Waals surface area contributed by atoms with Gasteiger partial charge in [0, 0.05) is 24.5 Å². The van der Waals surface area contributed by atoms with Crippen molar-refractivity contribution in [1.82, 2.24) is 0 Å². The van der Waals surface area contributed by atoms with Crippen LogP contribution in [0, 0.1) is 17.0 Å². The molecule has 0 atom stereocenters. The maximum absolute atomic E-state index is 11.4. The van der Waals surface area contributed by atoms with Gasteiger partial charge in [0.05, 0.1) is 10.5 Å². The van der Waals surface area contributed by atoms with Crippen molar-refractivity contribution in [3.63, 3.8) is 0 Å². The second kappa shape index (κ2) is 5.75. The molecule has 0 saturated heterocycles. The number of Topliss-reactive ketones (excluding diaryl/α,β-unsaturated/α-hetero) is 1. The zero-order valence-corrected chi connectivity index (χ0v) is 12.2. The number of nitro benzene ring substituents is 1. The van der Waals surface area contributed by atoms with E-state index >= 15 is 0 Å². The second-order valence-corrected chi connectivity index (χ2v) is 4.91. The molecular formula is C16H16N2O3. The fourth-order valence-corrected chi connectivity index (χ4v) is 2.16. The summed E-state index contributed by atoms with van der Waals surface area (Å²) in [6.45, 7) is 3.31. The molecule has 0 unspecified atom stereocenters. The minimum Gasteiger partial charge on any atom is -0.344 e. The lowest BCUT2D eigenvalue weighted by Gasteiger charge is -2.20. The Labute approximate surface area is 123 Å². The van der Waals surface area contributed by atoms with Gasteiger partial charge < -0.3 is 4.90 Å². The molecule has 0 aliphatic heterocycles. The first-order valence-electron chi connectivity index (χ1n) is 6.50. The Morgan fingerprint density at radius 2 is 1.81 bits per heavy atom. The van der Waals surface area contributed by atoms with E-state index in [1.54, 1.807) is 6.07 Å². The van der Waals surface area contributed by atoms with E-state index in [0.29, 0.717) is 5.69 Å². The molecule has 2 aromatic rings. The van der Waals surface area contributed by atoms with Gasteiger partial charge in [0.2, 0.25) is 0 Å². The number of nitro groups is 1. The van der Waals surface area contributed by atoms with E-state index in [9.17, 15) is 14.9 Å². The molecule has 21 heavy (non-hydrogen) atoms. The highest BCUT2D eigenvalue weighted by Crippen LogP contribution is 2.30. The Kier molecular flexibility index (Phi) is 4.03. The van der Waals surface area contributed by atoms with E-state index in [0.717, 1.165) is 11.3 Å². The maximum atomic E-state index is 11.4. The van der Waals surface area contributed by atoms with Crippen LogP contribution in [0.15, 0.2) is 42.5 Å². The lowest BCUT2D eigenvalue weighted by atomic mass is 10.1. The lowest BCUT2D eigenvalue weighted by Crippen LogP contribution is -2.11. The van der Waals surface area contributed by atoms with E-state index in [4.69, 9.17) is 0 Å². The molecule has 0 aliphatic rings. The number of anilines is 2. The van der Waals surface area contributed by atoms with Gasteiger partial charge >= 0.3 is 0 Å². The molecule has 0 radical (unpaired) electrons. The molecule has 108 valence electrons. The molecular weight excluding hydrogens is 268 g/mol. The summed E-state index contributed by atoms with van der Waals surface area (Å²) < 4.78 is 0. The van der Waals surface area contributed by atoms with Crippen LogP contribution in [0.5, 0.6) is 0 Å². The van der Waals surface area contributed by atoms with Gasteiger partial charge in [-0.25, -0.2) is 0 Å². The third-order valence-corrected chi connectivity index (χ3v) is 3.33. The Bertz CT molecular complexity index is 710. The molecule has 0 spiro atoms. The molecule has 0 heterocycles. The first kappa shape index (κ1) is 14.7. The quantitative estimate of drug-likeness (QED) is 0.485. The highest BCUT2D eigenvalue weighted by molar-refractivity contribution is 5.98. The summed E-state index contributed by atoms with van der Waals surface area (Å²) in [5, 5.41) is 11.1. The molecule has 0 N–H and O–H groups in total. The minimum absolute atomic E-state index is 0.126. The topological polar surface area (TPSA) is 63.5 Å². The number of benzene rings is 2. The zero-order valence-electron chi connectivity index (χ0n) is 12.2. The smallest absolute Gasteiger partial charge is 0.282 e. The van der Waals surface area contributed by atoms with E-state index in [1.165, 1.54) is 19.1 Å². The number of rotatable bonds is 4. The number of hydrogen-bond acceptors (Lipinski definition) is 4. The van der Waals surface area contributed by atoms with E-state index < -0.39 is 4.92 Å². The predicted octanol–water partition coefficient (Wildman–Crippen LogP) is 3.87. The molecule has 0 aliphatic carbocycles. The number of carbonyl (C=O) groups is 1. The number of hydrogen-bond donors (Lipinski definition) is 0. The zero-order chi connectivity index (χ0) is 15.6. The van der Waals surface area contributed by atoms with Gasteiger partial charge in [0.25, 0.3) is 5.69 Å². The molecule has 2 rings (SSSR count). The van der Waals surface area contributed by atoms with Crippen LogP contribution in [-0.2, 0) is 0 Å². The first-order chi connectivity index (χ1) is 9.90. The van der Waals surface area contributed by atoms with E-state index in [2.05, 4.69) is 0 Å².